The molecule has 1 aliphatic heterocycles. The summed E-state index contributed by atoms with van der Waals surface area (Å²) < 4.78 is 0. The van der Waals surface area contributed by atoms with Crippen LogP contribution in [0.25, 0.3) is 0 Å². The Hall–Kier alpha value is -1.31. The van der Waals surface area contributed by atoms with Crippen molar-refractivity contribution in [3.8, 4) is 0 Å². The Labute approximate surface area is 97.3 Å². The minimum Gasteiger partial charge on any atom is -0.336 e. The van der Waals surface area contributed by atoms with E-state index in [2.05, 4.69) is 26.0 Å². The maximum Gasteiger partial charge on any atom is 0.223 e. The van der Waals surface area contributed by atoms with Crippen LogP contribution < -0.4 is 0 Å². The molecule has 2 atom stereocenters. The number of nitrogens with zero attached hydrogens (tertiary/aromatic N) is 1. The highest BCUT2D eigenvalue weighted by molar-refractivity contribution is 5.77. The topological polar surface area (TPSA) is 20.3 Å². The van der Waals surface area contributed by atoms with Gasteiger partial charge in [-0.2, -0.15) is 0 Å². The van der Waals surface area contributed by atoms with Crippen LogP contribution in [-0.2, 0) is 11.3 Å². The number of hydrogen-bond donors (Lipinski definition) is 0. The van der Waals surface area contributed by atoms with Crippen molar-refractivity contribution < 1.29 is 4.79 Å². The molecule has 1 amide bonds. The van der Waals surface area contributed by atoms with Gasteiger partial charge >= 0.3 is 0 Å². The SMILES string of the molecule is CC1CC(=O)N(Cc2ccccc2)C(C)C1. The van der Waals surface area contributed by atoms with Gasteiger partial charge in [-0.1, -0.05) is 37.3 Å². The fourth-order valence-corrected chi connectivity index (χ4v) is 2.48. The summed E-state index contributed by atoms with van der Waals surface area (Å²) in [6, 6.07) is 10.6. The summed E-state index contributed by atoms with van der Waals surface area (Å²) in [5, 5.41) is 0. The largest absolute Gasteiger partial charge is 0.336 e. The zero-order valence-electron chi connectivity index (χ0n) is 10.0. The van der Waals surface area contributed by atoms with Crippen LogP contribution in [-0.4, -0.2) is 16.8 Å². The van der Waals surface area contributed by atoms with Gasteiger partial charge in [0, 0.05) is 19.0 Å². The van der Waals surface area contributed by atoms with Crippen molar-refractivity contribution in [2.24, 2.45) is 5.92 Å². The second-order valence-electron chi connectivity index (χ2n) is 4.90. The molecule has 0 aliphatic carbocycles. The Morgan fingerprint density at radius 1 is 1.25 bits per heavy atom. The molecule has 86 valence electrons. The highest BCUT2D eigenvalue weighted by Crippen LogP contribution is 2.24. The fourth-order valence-electron chi connectivity index (χ4n) is 2.48. The molecule has 1 aromatic rings. The standard InChI is InChI=1S/C14H19NO/c1-11-8-12(2)15(14(16)9-11)10-13-6-4-3-5-7-13/h3-7,11-12H,8-10H2,1-2H3. The Morgan fingerprint density at radius 2 is 1.94 bits per heavy atom. The summed E-state index contributed by atoms with van der Waals surface area (Å²) in [6.07, 6.45) is 1.83. The van der Waals surface area contributed by atoms with Crippen LogP contribution in [0.3, 0.4) is 0 Å². The molecule has 2 heteroatoms. The smallest absolute Gasteiger partial charge is 0.223 e. The lowest BCUT2D eigenvalue weighted by molar-refractivity contribution is -0.138. The van der Waals surface area contributed by atoms with E-state index in [9.17, 15) is 4.79 Å². The normalized spacial score (nSPS) is 25.9. The predicted octanol–water partition coefficient (Wildman–Crippen LogP) is 2.83. The lowest BCUT2D eigenvalue weighted by atomic mass is 9.92. The highest BCUT2D eigenvalue weighted by Gasteiger charge is 2.28. The second-order valence-corrected chi connectivity index (χ2v) is 4.90. The number of piperidine rings is 1. The van der Waals surface area contributed by atoms with E-state index in [1.54, 1.807) is 0 Å². The molecule has 0 N–H and O–H groups in total. The first-order valence-corrected chi connectivity index (χ1v) is 6.00. The maximum atomic E-state index is 11.9. The van der Waals surface area contributed by atoms with Gasteiger partial charge < -0.3 is 4.90 Å². The summed E-state index contributed by atoms with van der Waals surface area (Å²) in [5.41, 5.74) is 1.22. The molecule has 0 spiro atoms. The van der Waals surface area contributed by atoms with Gasteiger partial charge in [0.15, 0.2) is 0 Å². The van der Waals surface area contributed by atoms with Crippen molar-refractivity contribution in [1.29, 1.82) is 0 Å². The monoisotopic (exact) mass is 217 g/mol. The van der Waals surface area contributed by atoms with Crippen molar-refractivity contribution in [3.05, 3.63) is 35.9 Å². The quantitative estimate of drug-likeness (QED) is 0.746. The molecule has 0 saturated carbocycles. The molecular formula is C14H19NO. The number of hydrogen-bond acceptors (Lipinski definition) is 1. The molecule has 0 aromatic heterocycles. The lowest BCUT2D eigenvalue weighted by Gasteiger charge is -2.36. The van der Waals surface area contributed by atoms with E-state index < -0.39 is 0 Å². The number of likely N-dealkylation sites (tertiary alicyclic amines) is 1. The van der Waals surface area contributed by atoms with Crippen LogP contribution >= 0.6 is 0 Å². The van der Waals surface area contributed by atoms with E-state index in [-0.39, 0.29) is 0 Å². The third kappa shape index (κ3) is 2.43. The highest BCUT2D eigenvalue weighted by atomic mass is 16.2. The summed E-state index contributed by atoms with van der Waals surface area (Å²) in [4.78, 5) is 14.0. The third-order valence-corrected chi connectivity index (χ3v) is 3.31. The van der Waals surface area contributed by atoms with Crippen LogP contribution in [0.1, 0.15) is 32.3 Å². The summed E-state index contributed by atoms with van der Waals surface area (Å²) >= 11 is 0. The van der Waals surface area contributed by atoms with E-state index in [1.165, 1.54) is 5.56 Å². The molecule has 2 nitrogen and oxygen atoms in total. The Balaban J connectivity index is 2.07. The van der Waals surface area contributed by atoms with Crippen molar-refractivity contribution >= 4 is 5.91 Å². The minimum atomic E-state index is 0.301. The molecule has 1 aliphatic rings. The Morgan fingerprint density at radius 3 is 2.56 bits per heavy atom. The van der Waals surface area contributed by atoms with Gasteiger partial charge in [-0.25, -0.2) is 0 Å². The number of carbonyl (C=O) groups is 1. The summed E-state index contributed by atoms with van der Waals surface area (Å²) in [5.74, 6) is 0.838. The van der Waals surface area contributed by atoms with Crippen LogP contribution in [0.4, 0.5) is 0 Å². The first kappa shape index (κ1) is 11.2. The average Bonchev–Trinajstić information content (AvgIpc) is 2.25. The van der Waals surface area contributed by atoms with E-state index >= 15 is 0 Å². The van der Waals surface area contributed by atoms with Crippen LogP contribution in [0.2, 0.25) is 0 Å². The van der Waals surface area contributed by atoms with E-state index in [4.69, 9.17) is 0 Å². The Bertz CT molecular complexity index is 360. The lowest BCUT2D eigenvalue weighted by Crippen LogP contribution is -2.43. The molecule has 1 heterocycles. The molecular weight excluding hydrogens is 198 g/mol. The van der Waals surface area contributed by atoms with Gasteiger partial charge in [0.25, 0.3) is 0 Å². The summed E-state index contributed by atoms with van der Waals surface area (Å²) in [6.45, 7) is 5.07. The molecule has 1 aromatic carbocycles. The number of rotatable bonds is 2. The van der Waals surface area contributed by atoms with Gasteiger partial charge in [0.1, 0.15) is 0 Å². The molecule has 2 rings (SSSR count). The van der Waals surface area contributed by atoms with Crippen molar-refractivity contribution in [2.75, 3.05) is 0 Å². The first-order chi connectivity index (χ1) is 7.66. The predicted molar refractivity (Wildman–Crippen MR) is 64.9 cm³/mol. The fraction of sp³-hybridized carbons (Fsp3) is 0.500. The molecule has 1 saturated heterocycles. The zero-order chi connectivity index (χ0) is 11.5. The number of carbonyl (C=O) groups excluding carboxylic acids is 1. The molecule has 16 heavy (non-hydrogen) atoms. The molecule has 2 unspecified atom stereocenters. The molecule has 1 fully saturated rings. The Kier molecular flexibility index (Phi) is 3.28. The summed E-state index contributed by atoms with van der Waals surface area (Å²) in [7, 11) is 0. The first-order valence-electron chi connectivity index (χ1n) is 6.00. The molecule has 0 radical (unpaired) electrons. The van der Waals surface area contributed by atoms with Gasteiger partial charge in [-0.05, 0) is 24.8 Å². The van der Waals surface area contributed by atoms with Gasteiger partial charge in [-0.3, -0.25) is 4.79 Å². The second kappa shape index (κ2) is 4.69. The van der Waals surface area contributed by atoms with Crippen LogP contribution in [0.15, 0.2) is 30.3 Å². The van der Waals surface area contributed by atoms with Crippen molar-refractivity contribution in [2.45, 2.75) is 39.3 Å². The van der Waals surface area contributed by atoms with E-state index in [1.807, 2.05) is 23.1 Å². The van der Waals surface area contributed by atoms with Gasteiger partial charge in [-0.15, -0.1) is 0 Å². The number of benzene rings is 1. The van der Waals surface area contributed by atoms with Crippen molar-refractivity contribution in [3.63, 3.8) is 0 Å². The van der Waals surface area contributed by atoms with E-state index in [0.29, 0.717) is 24.3 Å². The number of amides is 1. The minimum absolute atomic E-state index is 0.301. The zero-order valence-corrected chi connectivity index (χ0v) is 10.0. The van der Waals surface area contributed by atoms with Crippen LogP contribution in [0.5, 0.6) is 0 Å². The van der Waals surface area contributed by atoms with Gasteiger partial charge in [0.2, 0.25) is 5.91 Å². The van der Waals surface area contributed by atoms with Crippen LogP contribution in [0, 0.1) is 5.92 Å². The average molecular weight is 217 g/mol. The van der Waals surface area contributed by atoms with E-state index in [0.717, 1.165) is 13.0 Å². The van der Waals surface area contributed by atoms with Gasteiger partial charge in [0.05, 0.1) is 0 Å². The third-order valence-electron chi connectivity index (χ3n) is 3.31. The van der Waals surface area contributed by atoms with Crippen molar-refractivity contribution in [1.82, 2.24) is 4.90 Å². The maximum absolute atomic E-state index is 11.9. The molecule has 0 bridgehead atoms.